The summed E-state index contributed by atoms with van der Waals surface area (Å²) in [7, 11) is 1.58. The van der Waals surface area contributed by atoms with Crippen molar-refractivity contribution in [3.63, 3.8) is 0 Å². The molecule has 66 valence electrons. The second kappa shape index (κ2) is 4.28. The molecule has 0 saturated carbocycles. The molecule has 0 aliphatic carbocycles. The molecule has 0 amide bonds. The van der Waals surface area contributed by atoms with Gasteiger partial charge in [0.25, 0.3) is 0 Å². The standard InChI is InChI=1S/C8H11ClN2O/c1-12-6-4-7(9)8(2-3-10)11-5-6/h4-5H,2-3,10H2,1H3. The summed E-state index contributed by atoms with van der Waals surface area (Å²) in [4.78, 5) is 4.10. The summed E-state index contributed by atoms with van der Waals surface area (Å²) in [6.45, 7) is 0.555. The van der Waals surface area contributed by atoms with Crippen molar-refractivity contribution in [3.8, 4) is 5.75 Å². The normalized spacial score (nSPS) is 9.92. The van der Waals surface area contributed by atoms with E-state index in [-0.39, 0.29) is 0 Å². The van der Waals surface area contributed by atoms with E-state index in [0.717, 1.165) is 5.69 Å². The van der Waals surface area contributed by atoms with Crippen LogP contribution < -0.4 is 10.5 Å². The maximum absolute atomic E-state index is 5.89. The van der Waals surface area contributed by atoms with Gasteiger partial charge in [-0.15, -0.1) is 0 Å². The molecule has 1 aromatic heterocycles. The number of nitrogens with zero attached hydrogens (tertiary/aromatic N) is 1. The van der Waals surface area contributed by atoms with Crippen LogP contribution in [0, 0.1) is 0 Å². The number of ether oxygens (including phenoxy) is 1. The lowest BCUT2D eigenvalue weighted by molar-refractivity contribution is 0.412. The fraction of sp³-hybridized carbons (Fsp3) is 0.375. The van der Waals surface area contributed by atoms with Crippen LogP contribution in [-0.2, 0) is 6.42 Å². The molecule has 0 aromatic carbocycles. The van der Waals surface area contributed by atoms with Crippen LogP contribution >= 0.6 is 11.6 Å². The number of hydrogen-bond donors (Lipinski definition) is 1. The van der Waals surface area contributed by atoms with E-state index >= 15 is 0 Å². The number of halogens is 1. The van der Waals surface area contributed by atoms with E-state index in [0.29, 0.717) is 23.7 Å². The van der Waals surface area contributed by atoms with Gasteiger partial charge in [0.2, 0.25) is 0 Å². The van der Waals surface area contributed by atoms with Crippen LogP contribution in [-0.4, -0.2) is 18.6 Å². The Labute approximate surface area is 76.5 Å². The first-order valence-electron chi connectivity index (χ1n) is 3.66. The fourth-order valence-corrected chi connectivity index (χ4v) is 1.13. The zero-order chi connectivity index (χ0) is 8.97. The zero-order valence-corrected chi connectivity index (χ0v) is 7.64. The average molecular weight is 187 g/mol. The van der Waals surface area contributed by atoms with Gasteiger partial charge in [0.1, 0.15) is 5.75 Å². The molecule has 0 fully saturated rings. The van der Waals surface area contributed by atoms with E-state index in [2.05, 4.69) is 4.98 Å². The van der Waals surface area contributed by atoms with E-state index in [1.54, 1.807) is 19.4 Å². The lowest BCUT2D eigenvalue weighted by atomic mass is 10.2. The fourth-order valence-electron chi connectivity index (χ4n) is 0.881. The first kappa shape index (κ1) is 9.29. The molecule has 0 radical (unpaired) electrons. The molecule has 0 atom stereocenters. The van der Waals surface area contributed by atoms with Gasteiger partial charge in [-0.05, 0) is 6.54 Å². The first-order valence-corrected chi connectivity index (χ1v) is 4.04. The molecular weight excluding hydrogens is 176 g/mol. The van der Waals surface area contributed by atoms with E-state index in [1.165, 1.54) is 0 Å². The Morgan fingerprint density at radius 3 is 2.92 bits per heavy atom. The van der Waals surface area contributed by atoms with Gasteiger partial charge in [-0.25, -0.2) is 0 Å². The maximum Gasteiger partial charge on any atom is 0.138 e. The smallest absolute Gasteiger partial charge is 0.138 e. The summed E-state index contributed by atoms with van der Waals surface area (Å²) in [6, 6.07) is 1.74. The molecule has 4 heteroatoms. The van der Waals surface area contributed by atoms with Crippen LogP contribution in [0.1, 0.15) is 5.69 Å². The van der Waals surface area contributed by atoms with Gasteiger partial charge in [0, 0.05) is 12.5 Å². The van der Waals surface area contributed by atoms with Crippen molar-refractivity contribution in [3.05, 3.63) is 23.0 Å². The van der Waals surface area contributed by atoms with Crippen LogP contribution in [0.5, 0.6) is 5.75 Å². The minimum absolute atomic E-state index is 0.555. The van der Waals surface area contributed by atoms with Crippen molar-refractivity contribution < 1.29 is 4.74 Å². The zero-order valence-electron chi connectivity index (χ0n) is 6.88. The van der Waals surface area contributed by atoms with Crippen LogP contribution in [0.2, 0.25) is 5.02 Å². The van der Waals surface area contributed by atoms with Crippen molar-refractivity contribution in [2.45, 2.75) is 6.42 Å². The van der Waals surface area contributed by atoms with Crippen molar-refractivity contribution in [2.24, 2.45) is 5.73 Å². The van der Waals surface area contributed by atoms with E-state index in [9.17, 15) is 0 Å². The molecule has 2 N–H and O–H groups in total. The molecule has 1 aromatic rings. The topological polar surface area (TPSA) is 48.1 Å². The quantitative estimate of drug-likeness (QED) is 0.773. The Hall–Kier alpha value is -0.800. The number of aromatic nitrogens is 1. The number of methoxy groups -OCH3 is 1. The van der Waals surface area contributed by atoms with Crippen molar-refractivity contribution in [1.29, 1.82) is 0 Å². The molecule has 0 unspecified atom stereocenters. The van der Waals surface area contributed by atoms with Gasteiger partial charge in [-0.2, -0.15) is 0 Å². The van der Waals surface area contributed by atoms with E-state index in [1.807, 2.05) is 0 Å². The highest BCUT2D eigenvalue weighted by Gasteiger charge is 2.01. The van der Waals surface area contributed by atoms with E-state index in [4.69, 9.17) is 22.1 Å². The van der Waals surface area contributed by atoms with Crippen molar-refractivity contribution in [1.82, 2.24) is 4.98 Å². The van der Waals surface area contributed by atoms with Gasteiger partial charge in [-0.3, -0.25) is 4.98 Å². The van der Waals surface area contributed by atoms with Gasteiger partial charge in [0.15, 0.2) is 0 Å². The third-order valence-electron chi connectivity index (χ3n) is 1.51. The molecule has 0 bridgehead atoms. The van der Waals surface area contributed by atoms with Gasteiger partial charge in [0.05, 0.1) is 24.0 Å². The number of pyridine rings is 1. The van der Waals surface area contributed by atoms with E-state index < -0.39 is 0 Å². The molecular formula is C8H11ClN2O. The lowest BCUT2D eigenvalue weighted by Crippen LogP contribution is -2.04. The molecule has 0 aliphatic rings. The summed E-state index contributed by atoms with van der Waals surface area (Å²) >= 11 is 5.89. The minimum atomic E-state index is 0.555. The molecule has 1 rings (SSSR count). The third kappa shape index (κ3) is 2.09. The summed E-state index contributed by atoms with van der Waals surface area (Å²) in [5.41, 5.74) is 6.19. The summed E-state index contributed by atoms with van der Waals surface area (Å²) < 4.78 is 4.95. The number of hydrogen-bond acceptors (Lipinski definition) is 3. The Morgan fingerprint density at radius 2 is 2.42 bits per heavy atom. The van der Waals surface area contributed by atoms with Crippen LogP contribution in [0.25, 0.3) is 0 Å². The lowest BCUT2D eigenvalue weighted by Gasteiger charge is -2.03. The first-order chi connectivity index (χ1) is 5.77. The summed E-state index contributed by atoms with van der Waals surface area (Å²) in [5, 5.41) is 0.611. The number of nitrogens with two attached hydrogens (primary N) is 1. The van der Waals surface area contributed by atoms with Gasteiger partial charge < -0.3 is 10.5 Å². The molecule has 12 heavy (non-hydrogen) atoms. The Morgan fingerprint density at radius 1 is 1.67 bits per heavy atom. The minimum Gasteiger partial charge on any atom is -0.495 e. The van der Waals surface area contributed by atoms with Crippen LogP contribution in [0.4, 0.5) is 0 Å². The molecule has 0 saturated heterocycles. The highest BCUT2D eigenvalue weighted by atomic mass is 35.5. The second-order valence-corrected chi connectivity index (χ2v) is 2.75. The second-order valence-electron chi connectivity index (χ2n) is 2.34. The Bertz CT molecular complexity index is 265. The molecule has 0 spiro atoms. The molecule has 1 heterocycles. The predicted octanol–water partition coefficient (Wildman–Crippen LogP) is 1.24. The van der Waals surface area contributed by atoms with Gasteiger partial charge in [-0.1, -0.05) is 11.6 Å². The molecule has 0 aliphatic heterocycles. The summed E-state index contributed by atoms with van der Waals surface area (Å²) in [5.74, 6) is 0.667. The maximum atomic E-state index is 5.89. The third-order valence-corrected chi connectivity index (χ3v) is 1.84. The summed E-state index contributed by atoms with van der Waals surface area (Å²) in [6.07, 6.45) is 2.33. The monoisotopic (exact) mass is 186 g/mol. The predicted molar refractivity (Wildman–Crippen MR) is 48.6 cm³/mol. The van der Waals surface area contributed by atoms with Crippen LogP contribution in [0.15, 0.2) is 12.3 Å². The van der Waals surface area contributed by atoms with Crippen molar-refractivity contribution in [2.75, 3.05) is 13.7 Å². The Kier molecular flexibility index (Phi) is 3.31. The van der Waals surface area contributed by atoms with Gasteiger partial charge >= 0.3 is 0 Å². The Balaban J connectivity index is 2.87. The molecule has 3 nitrogen and oxygen atoms in total. The number of rotatable bonds is 3. The van der Waals surface area contributed by atoms with Crippen LogP contribution in [0.3, 0.4) is 0 Å². The highest BCUT2D eigenvalue weighted by Crippen LogP contribution is 2.19. The van der Waals surface area contributed by atoms with Crippen molar-refractivity contribution >= 4 is 11.6 Å². The largest absolute Gasteiger partial charge is 0.495 e. The average Bonchev–Trinajstić information content (AvgIpc) is 2.09. The SMILES string of the molecule is COc1cnc(CCN)c(Cl)c1. The highest BCUT2D eigenvalue weighted by molar-refractivity contribution is 6.31.